The Hall–Kier alpha value is -3.27. The largest absolute Gasteiger partial charge is 0.503 e. The van der Waals surface area contributed by atoms with Crippen molar-refractivity contribution < 1.29 is 23.5 Å². The standard InChI is InChI=1S/C20H19F2N3O4.C3H9N/c1-2-24-9-12-5-6-14-15(17(26)18(27)16(20(24)29)25(12)14)19(28)23-8-10-3-4-11(21)7-13(10)22;1-3-4-2/h3-4,7,12,27H,2,5-6,8-9H2,1H3,(H,23,28);4H,3H2,1-2H3. The Bertz CT molecular complexity index is 1130. The monoisotopic (exact) mass is 462 g/mol. The second-order valence-electron chi connectivity index (χ2n) is 7.88. The van der Waals surface area contributed by atoms with Gasteiger partial charge in [0, 0.05) is 37.0 Å². The van der Waals surface area contributed by atoms with Crippen LogP contribution < -0.4 is 16.1 Å². The maximum absolute atomic E-state index is 13.8. The van der Waals surface area contributed by atoms with Gasteiger partial charge in [-0.2, -0.15) is 0 Å². The molecule has 178 valence electrons. The number of carbonyl (C=O) groups excluding carboxylic acids is 2. The maximum atomic E-state index is 13.8. The normalized spacial score (nSPS) is 16.2. The third kappa shape index (κ3) is 4.61. The third-order valence-corrected chi connectivity index (χ3v) is 5.90. The number of aromatic nitrogens is 1. The van der Waals surface area contributed by atoms with Gasteiger partial charge in [-0.25, -0.2) is 8.78 Å². The van der Waals surface area contributed by atoms with Gasteiger partial charge in [0.05, 0.1) is 6.04 Å². The molecule has 3 N–H and O–H groups in total. The smallest absolute Gasteiger partial charge is 0.274 e. The van der Waals surface area contributed by atoms with Gasteiger partial charge in [0.15, 0.2) is 11.4 Å². The van der Waals surface area contributed by atoms with Crippen LogP contribution in [0.4, 0.5) is 8.78 Å². The first kappa shape index (κ1) is 24.4. The molecule has 1 aromatic carbocycles. The van der Waals surface area contributed by atoms with Crippen LogP contribution in [0.15, 0.2) is 23.0 Å². The number of hydrogen-bond acceptors (Lipinski definition) is 5. The Morgan fingerprint density at radius 1 is 1.24 bits per heavy atom. The van der Waals surface area contributed by atoms with Crippen molar-refractivity contribution in [2.24, 2.45) is 0 Å². The van der Waals surface area contributed by atoms with Gasteiger partial charge in [-0.1, -0.05) is 13.0 Å². The highest BCUT2D eigenvalue weighted by molar-refractivity contribution is 6.00. The molecule has 8 nitrogen and oxygen atoms in total. The van der Waals surface area contributed by atoms with Crippen LogP contribution in [0.3, 0.4) is 0 Å². The molecule has 4 rings (SSSR count). The molecule has 0 bridgehead atoms. The lowest BCUT2D eigenvalue weighted by atomic mass is 10.1. The predicted molar refractivity (Wildman–Crippen MR) is 118 cm³/mol. The fraction of sp³-hybridized carbons (Fsp3) is 0.435. The molecule has 0 radical (unpaired) electrons. The summed E-state index contributed by atoms with van der Waals surface area (Å²) >= 11 is 0. The maximum Gasteiger partial charge on any atom is 0.274 e. The molecule has 33 heavy (non-hydrogen) atoms. The lowest BCUT2D eigenvalue weighted by Crippen LogP contribution is -2.44. The number of aromatic hydroxyl groups is 1. The van der Waals surface area contributed by atoms with Crippen molar-refractivity contribution in [3.05, 3.63) is 62.6 Å². The first-order chi connectivity index (χ1) is 15.7. The van der Waals surface area contributed by atoms with E-state index in [1.54, 1.807) is 9.47 Å². The molecule has 0 aliphatic carbocycles. The average molecular weight is 462 g/mol. The number of nitrogens with one attached hydrogen (secondary N) is 2. The Morgan fingerprint density at radius 3 is 2.55 bits per heavy atom. The van der Waals surface area contributed by atoms with Gasteiger partial charge in [-0.05, 0) is 39.4 Å². The number of rotatable bonds is 5. The van der Waals surface area contributed by atoms with E-state index in [0.29, 0.717) is 37.7 Å². The number of halogens is 2. The summed E-state index contributed by atoms with van der Waals surface area (Å²) in [7, 11) is 1.93. The molecule has 0 fully saturated rings. The van der Waals surface area contributed by atoms with Crippen LogP contribution >= 0.6 is 0 Å². The molecule has 0 spiro atoms. The van der Waals surface area contributed by atoms with Gasteiger partial charge in [-0.3, -0.25) is 14.4 Å². The SMILES string of the molecule is CCN1CC2CCc3c(C(=O)NCc4ccc(F)cc4F)c(=O)c(O)c(n32)C1=O.CCNC. The zero-order chi connectivity index (χ0) is 24.3. The van der Waals surface area contributed by atoms with E-state index in [2.05, 4.69) is 17.6 Å². The number of nitrogens with zero attached hydrogens (tertiary/aromatic N) is 2. The number of benzene rings is 1. The Kier molecular flexibility index (Phi) is 7.47. The second-order valence-corrected chi connectivity index (χ2v) is 7.88. The highest BCUT2D eigenvalue weighted by Crippen LogP contribution is 2.36. The van der Waals surface area contributed by atoms with Crippen LogP contribution in [-0.4, -0.2) is 53.1 Å². The zero-order valence-electron chi connectivity index (χ0n) is 18.9. The second kappa shape index (κ2) is 10.1. The van der Waals surface area contributed by atoms with Crippen LogP contribution in [0, 0.1) is 11.6 Å². The van der Waals surface area contributed by atoms with Crippen molar-refractivity contribution in [1.82, 2.24) is 20.1 Å². The molecule has 1 atom stereocenters. The lowest BCUT2D eigenvalue weighted by molar-refractivity contribution is 0.0676. The van der Waals surface area contributed by atoms with E-state index < -0.39 is 34.6 Å². The minimum absolute atomic E-state index is 0.0603. The summed E-state index contributed by atoms with van der Waals surface area (Å²) in [5.74, 6) is -3.51. The van der Waals surface area contributed by atoms with Gasteiger partial charge in [0.25, 0.3) is 11.8 Å². The Balaban J connectivity index is 0.000000709. The van der Waals surface area contributed by atoms with Crippen molar-refractivity contribution >= 4 is 11.8 Å². The van der Waals surface area contributed by atoms with Crippen LogP contribution in [0.2, 0.25) is 0 Å². The summed E-state index contributed by atoms with van der Waals surface area (Å²) in [5, 5.41) is 15.8. The van der Waals surface area contributed by atoms with Gasteiger partial charge in [0.2, 0.25) is 5.43 Å². The highest BCUT2D eigenvalue weighted by atomic mass is 19.1. The molecule has 2 aliphatic heterocycles. The van der Waals surface area contributed by atoms with Crippen molar-refractivity contribution in [3.8, 4) is 5.75 Å². The highest BCUT2D eigenvalue weighted by Gasteiger charge is 2.40. The fourth-order valence-electron chi connectivity index (χ4n) is 4.11. The summed E-state index contributed by atoms with van der Waals surface area (Å²) in [6.45, 7) is 5.59. The van der Waals surface area contributed by atoms with Crippen LogP contribution in [0.5, 0.6) is 5.75 Å². The van der Waals surface area contributed by atoms with Crippen molar-refractivity contribution in [2.45, 2.75) is 39.3 Å². The van der Waals surface area contributed by atoms with E-state index >= 15 is 0 Å². The van der Waals surface area contributed by atoms with E-state index in [-0.39, 0.29) is 29.4 Å². The first-order valence-corrected chi connectivity index (χ1v) is 10.9. The number of pyridine rings is 1. The zero-order valence-corrected chi connectivity index (χ0v) is 18.9. The van der Waals surface area contributed by atoms with Gasteiger partial charge in [0.1, 0.15) is 17.2 Å². The van der Waals surface area contributed by atoms with Crippen molar-refractivity contribution in [2.75, 3.05) is 26.7 Å². The van der Waals surface area contributed by atoms with Gasteiger partial charge < -0.3 is 25.2 Å². The van der Waals surface area contributed by atoms with E-state index in [0.717, 1.165) is 12.6 Å². The number of amides is 2. The molecular weight excluding hydrogens is 434 g/mol. The molecule has 1 aromatic heterocycles. The van der Waals surface area contributed by atoms with E-state index in [4.69, 9.17) is 0 Å². The third-order valence-electron chi connectivity index (χ3n) is 5.90. The summed E-state index contributed by atoms with van der Waals surface area (Å²) in [6, 6.07) is 2.86. The first-order valence-electron chi connectivity index (χ1n) is 10.9. The molecule has 10 heteroatoms. The molecular formula is C23H28F2N4O4. The average Bonchev–Trinajstić information content (AvgIpc) is 3.20. The number of hydrogen-bond donors (Lipinski definition) is 3. The minimum Gasteiger partial charge on any atom is -0.503 e. The Labute approximate surface area is 190 Å². The van der Waals surface area contributed by atoms with E-state index in [1.165, 1.54) is 6.07 Å². The van der Waals surface area contributed by atoms with Crippen LogP contribution in [0.25, 0.3) is 0 Å². The summed E-state index contributed by atoms with van der Waals surface area (Å²) in [4.78, 5) is 39.7. The van der Waals surface area contributed by atoms with Crippen molar-refractivity contribution in [3.63, 3.8) is 0 Å². The summed E-state index contributed by atoms with van der Waals surface area (Å²) in [6.07, 6.45) is 1.04. The molecule has 0 saturated carbocycles. The topological polar surface area (TPSA) is 104 Å². The van der Waals surface area contributed by atoms with Crippen LogP contribution in [-0.2, 0) is 13.0 Å². The molecule has 3 heterocycles. The summed E-state index contributed by atoms with van der Waals surface area (Å²) < 4.78 is 28.4. The fourth-order valence-corrected chi connectivity index (χ4v) is 4.11. The van der Waals surface area contributed by atoms with Gasteiger partial charge >= 0.3 is 0 Å². The molecule has 0 saturated heterocycles. The van der Waals surface area contributed by atoms with Gasteiger partial charge in [-0.15, -0.1) is 0 Å². The number of carbonyl (C=O) groups is 2. The molecule has 2 amide bonds. The summed E-state index contributed by atoms with van der Waals surface area (Å²) in [5.41, 5.74) is -0.787. The molecule has 1 unspecified atom stereocenters. The predicted octanol–water partition coefficient (Wildman–Crippen LogP) is 1.95. The quantitative estimate of drug-likeness (QED) is 0.630. The molecule has 2 aliphatic rings. The minimum atomic E-state index is -0.921. The van der Waals surface area contributed by atoms with Crippen molar-refractivity contribution in [1.29, 1.82) is 0 Å². The van der Waals surface area contributed by atoms with E-state index in [1.807, 2.05) is 14.0 Å². The lowest BCUT2D eigenvalue weighted by Gasteiger charge is -2.34. The number of likely N-dealkylation sites (N-methyl/N-ethyl adjacent to an activating group) is 1. The molecule has 2 aromatic rings. The van der Waals surface area contributed by atoms with E-state index in [9.17, 15) is 28.3 Å². The Morgan fingerprint density at radius 2 is 1.94 bits per heavy atom. The van der Waals surface area contributed by atoms with Crippen LogP contribution in [0.1, 0.15) is 58.4 Å².